The first-order chi connectivity index (χ1) is 19.4. The van der Waals surface area contributed by atoms with Gasteiger partial charge in [-0.05, 0) is 55.2 Å². The Morgan fingerprint density at radius 2 is 1.31 bits per heavy atom. The summed E-state index contributed by atoms with van der Waals surface area (Å²) in [4.78, 5) is 49.3. The summed E-state index contributed by atoms with van der Waals surface area (Å²) in [6, 6.07) is 3.31. The molecule has 238 valence electrons. The van der Waals surface area contributed by atoms with Crippen LogP contribution in [0.15, 0.2) is 18.2 Å². The van der Waals surface area contributed by atoms with Gasteiger partial charge >= 0.3 is 24.2 Å². The molecule has 0 amide bonds. The summed E-state index contributed by atoms with van der Waals surface area (Å²) in [5.74, 6) is -1.24. The van der Waals surface area contributed by atoms with Gasteiger partial charge in [0.1, 0.15) is 18.2 Å². The van der Waals surface area contributed by atoms with Crippen molar-refractivity contribution in [1.29, 1.82) is 0 Å². The largest absolute Gasteiger partial charge is 0.513 e. The second-order valence-electron chi connectivity index (χ2n) is 12.8. The maximum atomic E-state index is 12.7. The fourth-order valence-corrected chi connectivity index (χ4v) is 3.22. The van der Waals surface area contributed by atoms with Crippen LogP contribution in [0, 0.1) is 10.8 Å². The van der Waals surface area contributed by atoms with E-state index in [4.69, 9.17) is 34.2 Å². The third-order valence-corrected chi connectivity index (χ3v) is 5.66. The third-order valence-electron chi connectivity index (χ3n) is 5.66. The Hall–Kier alpha value is -3.34. The van der Waals surface area contributed by atoms with Crippen molar-refractivity contribution in [3.05, 3.63) is 23.8 Å². The number of unbranched alkanes of at least 4 members (excludes halogenated alkanes) is 2. The number of benzene rings is 1. The molecule has 0 aliphatic heterocycles. The highest BCUT2D eigenvalue weighted by Crippen LogP contribution is 2.30. The lowest BCUT2D eigenvalue weighted by Gasteiger charge is -2.22. The van der Waals surface area contributed by atoms with E-state index in [1.165, 1.54) is 12.1 Å². The van der Waals surface area contributed by atoms with E-state index < -0.39 is 36.5 Å². The number of carbonyl (C=O) groups is 4. The normalized spacial score (nSPS) is 13.8. The predicted octanol–water partition coefficient (Wildman–Crippen LogP) is 6.12. The molecule has 0 saturated carbocycles. The molecule has 1 rings (SSSR count). The van der Waals surface area contributed by atoms with Crippen LogP contribution in [0.3, 0.4) is 0 Å². The van der Waals surface area contributed by atoms with E-state index in [1.54, 1.807) is 19.9 Å². The summed E-state index contributed by atoms with van der Waals surface area (Å²) in [5, 5.41) is 0. The van der Waals surface area contributed by atoms with Crippen molar-refractivity contribution < 1.29 is 47.6 Å². The molecule has 2 N–H and O–H groups in total. The van der Waals surface area contributed by atoms with Crippen molar-refractivity contribution in [2.75, 3.05) is 13.2 Å². The van der Waals surface area contributed by atoms with Gasteiger partial charge in [-0.15, -0.1) is 0 Å². The van der Waals surface area contributed by atoms with Crippen LogP contribution >= 0.6 is 0 Å². The highest BCUT2D eigenvalue weighted by molar-refractivity contribution is 5.76. The Kier molecular flexibility index (Phi) is 14.8. The average Bonchev–Trinajstić information content (AvgIpc) is 2.87. The van der Waals surface area contributed by atoms with Gasteiger partial charge in [-0.2, -0.15) is 0 Å². The van der Waals surface area contributed by atoms with Crippen molar-refractivity contribution in [3.8, 4) is 11.5 Å². The molecular formula is C31H49NO10. The zero-order valence-corrected chi connectivity index (χ0v) is 26.6. The Morgan fingerprint density at radius 1 is 0.786 bits per heavy atom. The van der Waals surface area contributed by atoms with Crippen LogP contribution < -0.4 is 15.2 Å². The first kappa shape index (κ1) is 36.7. The molecule has 3 atom stereocenters. The van der Waals surface area contributed by atoms with Gasteiger partial charge in [0.2, 0.25) is 0 Å². The second-order valence-corrected chi connectivity index (χ2v) is 12.8. The van der Waals surface area contributed by atoms with E-state index in [-0.39, 0.29) is 47.9 Å². The SMILES string of the molecule is CCCCCC(=O)O[C@@H](C)[C@H](C)OC(=O)[C@@H](N)Cc1ccc(OC(=O)OCC(C)(C)C)c(OC(=O)OCC(C)(C)C)c1. The van der Waals surface area contributed by atoms with Crippen molar-refractivity contribution >= 4 is 24.2 Å². The van der Waals surface area contributed by atoms with Gasteiger partial charge in [-0.1, -0.05) is 67.4 Å². The Labute approximate surface area is 249 Å². The van der Waals surface area contributed by atoms with E-state index in [2.05, 4.69) is 0 Å². The van der Waals surface area contributed by atoms with E-state index >= 15 is 0 Å². The molecule has 0 aliphatic carbocycles. The van der Waals surface area contributed by atoms with E-state index in [0.29, 0.717) is 12.0 Å². The second kappa shape index (κ2) is 16.9. The summed E-state index contributed by atoms with van der Waals surface area (Å²) in [5.41, 5.74) is 6.02. The molecule has 42 heavy (non-hydrogen) atoms. The van der Waals surface area contributed by atoms with E-state index in [0.717, 1.165) is 19.3 Å². The van der Waals surface area contributed by atoms with Gasteiger partial charge in [0.05, 0.1) is 13.2 Å². The standard InChI is InChI=1S/C31H49NO10/c1-10-11-12-13-26(33)39-20(2)21(3)40-27(34)23(32)16-22-14-15-24(41-28(35)37-18-30(4,5)6)25(17-22)42-29(36)38-19-31(7,8)9/h14-15,17,20-21,23H,10-13,16,18-19,32H2,1-9H3/t20-,21-,23-/m0/s1. The molecule has 0 bridgehead atoms. The number of rotatable bonds is 14. The van der Waals surface area contributed by atoms with Gasteiger partial charge in [0.15, 0.2) is 11.5 Å². The van der Waals surface area contributed by atoms with Crippen LogP contribution in [0.5, 0.6) is 11.5 Å². The molecule has 0 saturated heterocycles. The fraction of sp³-hybridized carbons (Fsp3) is 0.677. The summed E-state index contributed by atoms with van der Waals surface area (Å²) < 4.78 is 31.7. The molecule has 0 radical (unpaired) electrons. The maximum Gasteiger partial charge on any atom is 0.513 e. The van der Waals surface area contributed by atoms with E-state index in [9.17, 15) is 19.2 Å². The van der Waals surface area contributed by atoms with Crippen molar-refractivity contribution in [2.45, 2.75) is 113 Å². The third kappa shape index (κ3) is 15.6. The van der Waals surface area contributed by atoms with Gasteiger partial charge < -0.3 is 34.2 Å². The number of nitrogens with two attached hydrogens (primary N) is 1. The smallest absolute Gasteiger partial charge is 0.459 e. The summed E-state index contributed by atoms with van der Waals surface area (Å²) in [7, 11) is 0. The number of ether oxygens (including phenoxy) is 6. The minimum Gasteiger partial charge on any atom is -0.459 e. The summed E-state index contributed by atoms with van der Waals surface area (Å²) in [6.45, 7) is 16.9. The topological polar surface area (TPSA) is 150 Å². The van der Waals surface area contributed by atoms with Gasteiger partial charge in [0.25, 0.3) is 0 Å². The van der Waals surface area contributed by atoms with Crippen LogP contribution in [0.2, 0.25) is 0 Å². The van der Waals surface area contributed by atoms with Crippen LogP contribution in [-0.2, 0) is 35.0 Å². The highest BCUT2D eigenvalue weighted by atomic mass is 16.7. The molecule has 0 fully saturated rings. The van der Waals surface area contributed by atoms with E-state index in [1.807, 2.05) is 48.5 Å². The number of carbonyl (C=O) groups excluding carboxylic acids is 4. The minimum absolute atomic E-state index is 0.0128. The number of hydrogen-bond acceptors (Lipinski definition) is 11. The molecule has 1 aromatic carbocycles. The number of esters is 2. The average molecular weight is 596 g/mol. The van der Waals surface area contributed by atoms with Gasteiger partial charge in [0, 0.05) is 6.42 Å². The Bertz CT molecular complexity index is 1040. The Balaban J connectivity index is 2.93. The lowest BCUT2D eigenvalue weighted by Crippen LogP contribution is -2.39. The lowest BCUT2D eigenvalue weighted by molar-refractivity contribution is -0.166. The van der Waals surface area contributed by atoms with Crippen LogP contribution in [0.1, 0.15) is 93.6 Å². The van der Waals surface area contributed by atoms with Crippen LogP contribution in [0.25, 0.3) is 0 Å². The molecule has 0 aliphatic rings. The predicted molar refractivity (Wildman–Crippen MR) is 156 cm³/mol. The molecule has 0 heterocycles. The first-order valence-corrected chi connectivity index (χ1v) is 14.4. The molecule has 1 aromatic rings. The molecule has 0 aromatic heterocycles. The van der Waals surface area contributed by atoms with Gasteiger partial charge in [-0.25, -0.2) is 9.59 Å². The monoisotopic (exact) mass is 595 g/mol. The Morgan fingerprint density at radius 3 is 1.83 bits per heavy atom. The quantitative estimate of drug-likeness (QED) is 0.115. The molecular weight excluding hydrogens is 546 g/mol. The zero-order valence-electron chi connectivity index (χ0n) is 26.6. The maximum absolute atomic E-state index is 12.7. The van der Waals surface area contributed by atoms with Crippen molar-refractivity contribution in [1.82, 2.24) is 0 Å². The van der Waals surface area contributed by atoms with Crippen LogP contribution in [0.4, 0.5) is 9.59 Å². The summed E-state index contributed by atoms with van der Waals surface area (Å²) in [6.07, 6.45) is -0.353. The minimum atomic E-state index is -1.08. The molecule has 11 nitrogen and oxygen atoms in total. The van der Waals surface area contributed by atoms with Crippen molar-refractivity contribution in [3.63, 3.8) is 0 Å². The number of hydrogen-bond donors (Lipinski definition) is 1. The van der Waals surface area contributed by atoms with Gasteiger partial charge in [-0.3, -0.25) is 9.59 Å². The molecule has 0 unspecified atom stereocenters. The highest BCUT2D eigenvalue weighted by Gasteiger charge is 2.25. The molecule has 0 spiro atoms. The fourth-order valence-electron chi connectivity index (χ4n) is 3.22. The summed E-state index contributed by atoms with van der Waals surface area (Å²) >= 11 is 0. The van der Waals surface area contributed by atoms with Crippen LogP contribution in [-0.4, -0.2) is 55.7 Å². The van der Waals surface area contributed by atoms with Crippen molar-refractivity contribution in [2.24, 2.45) is 16.6 Å². The molecule has 11 heteroatoms. The zero-order chi connectivity index (χ0) is 32.1. The first-order valence-electron chi connectivity index (χ1n) is 14.4. The lowest BCUT2D eigenvalue weighted by atomic mass is 9.99.